The van der Waals surface area contributed by atoms with Crippen molar-refractivity contribution in [3.8, 4) is 5.75 Å². The molecule has 2 rings (SSSR count). The molecule has 0 bridgehead atoms. The summed E-state index contributed by atoms with van der Waals surface area (Å²) in [7, 11) is 1.74. The zero-order valence-electron chi connectivity index (χ0n) is 13.3. The van der Waals surface area contributed by atoms with Crippen LogP contribution in [0.25, 0.3) is 0 Å². The number of likely N-dealkylation sites (tertiary alicyclic amines) is 1. The van der Waals surface area contributed by atoms with E-state index in [4.69, 9.17) is 4.74 Å². The summed E-state index contributed by atoms with van der Waals surface area (Å²) in [4.78, 5) is 2.58. The Kier molecular flexibility index (Phi) is 5.06. The monoisotopic (exact) mass is 276 g/mol. The van der Waals surface area contributed by atoms with Gasteiger partial charge in [-0.1, -0.05) is 18.2 Å². The molecule has 1 aromatic carbocycles. The van der Waals surface area contributed by atoms with E-state index in [2.05, 4.69) is 43.1 Å². The Morgan fingerprint density at radius 3 is 2.45 bits per heavy atom. The fourth-order valence-corrected chi connectivity index (χ4v) is 2.86. The summed E-state index contributed by atoms with van der Waals surface area (Å²) in [5.41, 5.74) is 1.54. The van der Waals surface area contributed by atoms with Gasteiger partial charge in [-0.15, -0.1) is 0 Å². The molecular weight excluding hydrogens is 248 g/mol. The Balaban J connectivity index is 1.82. The molecule has 20 heavy (non-hydrogen) atoms. The molecule has 0 unspecified atom stereocenters. The number of rotatable bonds is 4. The van der Waals surface area contributed by atoms with Gasteiger partial charge >= 0.3 is 0 Å². The molecule has 3 heteroatoms. The number of hydrogen-bond acceptors (Lipinski definition) is 3. The summed E-state index contributed by atoms with van der Waals surface area (Å²) in [6.45, 7) is 10.2. The number of piperidine rings is 1. The quantitative estimate of drug-likeness (QED) is 0.915. The van der Waals surface area contributed by atoms with Crippen LogP contribution in [0.3, 0.4) is 0 Å². The van der Waals surface area contributed by atoms with Gasteiger partial charge in [0.05, 0.1) is 7.11 Å². The highest BCUT2D eigenvalue weighted by molar-refractivity contribution is 5.33. The van der Waals surface area contributed by atoms with Gasteiger partial charge in [0.1, 0.15) is 5.75 Å². The molecule has 0 radical (unpaired) electrons. The normalized spacial score (nSPS) is 18.2. The number of para-hydroxylation sites is 1. The van der Waals surface area contributed by atoms with Crippen molar-refractivity contribution < 1.29 is 4.74 Å². The molecule has 1 aromatic rings. The summed E-state index contributed by atoms with van der Waals surface area (Å²) in [5, 5.41) is 3.68. The molecule has 1 aliphatic heterocycles. The van der Waals surface area contributed by atoms with Crippen LogP contribution in [0.15, 0.2) is 24.3 Å². The minimum Gasteiger partial charge on any atom is -0.496 e. The third-order valence-electron chi connectivity index (χ3n) is 4.22. The Hall–Kier alpha value is -1.06. The number of methoxy groups -OCH3 is 1. The number of nitrogens with zero attached hydrogens (tertiary/aromatic N) is 1. The van der Waals surface area contributed by atoms with Crippen LogP contribution in [0.1, 0.15) is 39.2 Å². The number of hydrogen-bond donors (Lipinski definition) is 1. The van der Waals surface area contributed by atoms with Crippen LogP contribution < -0.4 is 10.1 Å². The second kappa shape index (κ2) is 6.59. The molecule has 0 aromatic heterocycles. The van der Waals surface area contributed by atoms with Crippen molar-refractivity contribution in [2.75, 3.05) is 20.2 Å². The molecule has 0 aliphatic carbocycles. The van der Waals surface area contributed by atoms with Crippen molar-refractivity contribution in [2.24, 2.45) is 0 Å². The molecular formula is C17H28N2O. The van der Waals surface area contributed by atoms with E-state index >= 15 is 0 Å². The van der Waals surface area contributed by atoms with Crippen LogP contribution in [0, 0.1) is 0 Å². The van der Waals surface area contributed by atoms with Crippen LogP contribution in [-0.2, 0) is 6.54 Å². The average molecular weight is 276 g/mol. The second-order valence-electron chi connectivity index (χ2n) is 6.62. The Morgan fingerprint density at radius 2 is 1.85 bits per heavy atom. The number of ether oxygens (including phenoxy) is 1. The molecule has 112 valence electrons. The third kappa shape index (κ3) is 3.97. The van der Waals surface area contributed by atoms with Crippen molar-refractivity contribution in [1.82, 2.24) is 10.2 Å². The maximum Gasteiger partial charge on any atom is 0.123 e. The molecule has 1 aliphatic rings. The van der Waals surface area contributed by atoms with Gasteiger partial charge in [0.2, 0.25) is 0 Å². The molecule has 0 saturated carbocycles. The zero-order valence-corrected chi connectivity index (χ0v) is 13.3. The van der Waals surface area contributed by atoms with E-state index < -0.39 is 0 Å². The van der Waals surface area contributed by atoms with Gasteiger partial charge in [-0.3, -0.25) is 4.90 Å². The van der Waals surface area contributed by atoms with Crippen molar-refractivity contribution in [2.45, 2.75) is 51.7 Å². The molecule has 1 N–H and O–H groups in total. The van der Waals surface area contributed by atoms with Crippen LogP contribution in [0.5, 0.6) is 5.75 Å². The molecule has 3 nitrogen and oxygen atoms in total. The SMILES string of the molecule is COc1ccccc1CNC1CCN(C(C)(C)C)CC1. The van der Waals surface area contributed by atoms with Crippen LogP contribution in [0.4, 0.5) is 0 Å². The maximum absolute atomic E-state index is 5.40. The van der Waals surface area contributed by atoms with Gasteiger partial charge in [-0.25, -0.2) is 0 Å². The maximum atomic E-state index is 5.40. The summed E-state index contributed by atoms with van der Waals surface area (Å²) in [6, 6.07) is 8.87. The summed E-state index contributed by atoms with van der Waals surface area (Å²) in [5.74, 6) is 0.979. The van der Waals surface area contributed by atoms with Gasteiger partial charge in [0.25, 0.3) is 0 Å². The first kappa shape index (κ1) is 15.3. The predicted molar refractivity (Wildman–Crippen MR) is 84.2 cm³/mol. The highest BCUT2D eigenvalue weighted by Crippen LogP contribution is 2.21. The first-order chi connectivity index (χ1) is 9.50. The molecule has 1 saturated heterocycles. The van der Waals surface area contributed by atoms with Crippen molar-refractivity contribution in [1.29, 1.82) is 0 Å². The summed E-state index contributed by atoms with van der Waals surface area (Å²) >= 11 is 0. The van der Waals surface area contributed by atoms with E-state index in [1.54, 1.807) is 7.11 Å². The molecule has 0 atom stereocenters. The van der Waals surface area contributed by atoms with Gasteiger partial charge in [0.15, 0.2) is 0 Å². The Bertz CT molecular complexity index is 417. The largest absolute Gasteiger partial charge is 0.496 e. The summed E-state index contributed by atoms with van der Waals surface area (Å²) in [6.07, 6.45) is 2.46. The number of nitrogens with one attached hydrogen (secondary N) is 1. The van der Waals surface area contributed by atoms with Gasteiger partial charge < -0.3 is 10.1 Å². The van der Waals surface area contributed by atoms with Crippen molar-refractivity contribution >= 4 is 0 Å². The predicted octanol–water partition coefficient (Wildman–Crippen LogP) is 3.05. The lowest BCUT2D eigenvalue weighted by Crippen LogP contribution is -2.49. The standard InChI is InChI=1S/C17H28N2O/c1-17(2,3)19-11-9-15(10-12-19)18-13-14-7-5-6-8-16(14)20-4/h5-8,15,18H,9-13H2,1-4H3. The Morgan fingerprint density at radius 1 is 1.20 bits per heavy atom. The molecule has 0 amide bonds. The van der Waals surface area contributed by atoms with E-state index in [9.17, 15) is 0 Å². The van der Waals surface area contributed by atoms with Crippen molar-refractivity contribution in [3.63, 3.8) is 0 Å². The van der Waals surface area contributed by atoms with E-state index in [1.165, 1.54) is 31.5 Å². The fourth-order valence-electron chi connectivity index (χ4n) is 2.86. The first-order valence-corrected chi connectivity index (χ1v) is 7.61. The van der Waals surface area contributed by atoms with Crippen molar-refractivity contribution in [3.05, 3.63) is 29.8 Å². The third-order valence-corrected chi connectivity index (χ3v) is 4.22. The lowest BCUT2D eigenvalue weighted by molar-refractivity contribution is 0.0960. The topological polar surface area (TPSA) is 24.5 Å². The van der Waals surface area contributed by atoms with Gasteiger partial charge in [-0.05, 0) is 39.7 Å². The lowest BCUT2D eigenvalue weighted by Gasteiger charge is -2.41. The Labute approximate surface area is 123 Å². The average Bonchev–Trinajstić information content (AvgIpc) is 2.45. The fraction of sp³-hybridized carbons (Fsp3) is 0.647. The van der Waals surface area contributed by atoms with E-state index in [-0.39, 0.29) is 0 Å². The molecule has 1 heterocycles. The smallest absolute Gasteiger partial charge is 0.123 e. The van der Waals surface area contributed by atoms with Gasteiger partial charge in [0, 0.05) is 36.8 Å². The van der Waals surface area contributed by atoms with E-state index in [0.717, 1.165) is 12.3 Å². The zero-order chi connectivity index (χ0) is 14.6. The summed E-state index contributed by atoms with van der Waals surface area (Å²) < 4.78 is 5.40. The van der Waals surface area contributed by atoms with Crippen LogP contribution in [-0.4, -0.2) is 36.7 Å². The molecule has 1 fully saturated rings. The minimum absolute atomic E-state index is 0.299. The highest BCUT2D eigenvalue weighted by Gasteiger charge is 2.26. The minimum atomic E-state index is 0.299. The first-order valence-electron chi connectivity index (χ1n) is 7.61. The van der Waals surface area contributed by atoms with Crippen LogP contribution >= 0.6 is 0 Å². The van der Waals surface area contributed by atoms with Gasteiger partial charge in [-0.2, -0.15) is 0 Å². The highest BCUT2D eigenvalue weighted by atomic mass is 16.5. The number of benzene rings is 1. The lowest BCUT2D eigenvalue weighted by atomic mass is 9.98. The van der Waals surface area contributed by atoms with E-state index in [0.29, 0.717) is 11.6 Å². The van der Waals surface area contributed by atoms with Crippen LogP contribution in [0.2, 0.25) is 0 Å². The second-order valence-corrected chi connectivity index (χ2v) is 6.62. The molecule has 0 spiro atoms. The van der Waals surface area contributed by atoms with E-state index in [1.807, 2.05) is 12.1 Å².